The first-order chi connectivity index (χ1) is 20.8. The van der Waals surface area contributed by atoms with Gasteiger partial charge in [-0.1, -0.05) is 134 Å². The molecular weight excluding hydrogens is 600 g/mol. The van der Waals surface area contributed by atoms with Crippen LogP contribution in [0.15, 0.2) is 183 Å². The van der Waals surface area contributed by atoms with Gasteiger partial charge in [-0.05, 0) is 35.2 Å². The van der Waals surface area contributed by atoms with Gasteiger partial charge in [0, 0.05) is 31.7 Å². The fraction of sp³-hybridized carbons (Fsp3) is 0.0769. The van der Waals surface area contributed by atoms with Gasteiger partial charge >= 0.3 is 0 Å². The maximum absolute atomic E-state index is 4.16. The van der Waals surface area contributed by atoms with Crippen molar-refractivity contribution in [3.05, 3.63) is 188 Å². The Morgan fingerprint density at radius 1 is 0.628 bits per heavy atom. The minimum Gasteiger partial charge on any atom is -0.748 e. The van der Waals surface area contributed by atoms with Crippen LogP contribution < -0.4 is 26.5 Å². The first kappa shape index (κ1) is 32.6. The predicted octanol–water partition coefficient (Wildman–Crippen LogP) is 8.16. The summed E-state index contributed by atoms with van der Waals surface area (Å²) in [6.45, 7) is 7.34. The van der Waals surface area contributed by atoms with Crippen LogP contribution in [-0.2, 0) is 17.1 Å². The first-order valence-corrected chi connectivity index (χ1v) is 17.0. The van der Waals surface area contributed by atoms with Crippen molar-refractivity contribution in [2.75, 3.05) is 6.54 Å². The fourth-order valence-corrected chi connectivity index (χ4v) is 10.3. The molecule has 0 aromatic heterocycles. The van der Waals surface area contributed by atoms with Crippen LogP contribution in [0, 0.1) is 0 Å². The molecule has 0 spiro atoms. The summed E-state index contributed by atoms with van der Waals surface area (Å²) in [7, 11) is -1.40. The van der Waals surface area contributed by atoms with Gasteiger partial charge in [0.25, 0.3) is 0 Å². The van der Waals surface area contributed by atoms with Gasteiger partial charge in [-0.2, -0.15) is 6.07 Å². The number of hydrogen-bond donors (Lipinski definition) is 0. The molecule has 6 aromatic rings. The van der Waals surface area contributed by atoms with Gasteiger partial charge in [0.05, 0.1) is 0 Å². The van der Waals surface area contributed by atoms with E-state index in [1.54, 1.807) is 0 Å². The molecule has 0 amide bonds. The molecule has 6 aromatic carbocycles. The molecule has 43 heavy (non-hydrogen) atoms. The van der Waals surface area contributed by atoms with Crippen molar-refractivity contribution in [1.82, 2.24) is 4.67 Å². The van der Waals surface area contributed by atoms with Crippen molar-refractivity contribution in [2.24, 2.45) is 0 Å². The van der Waals surface area contributed by atoms with Crippen LogP contribution in [0.25, 0.3) is 0 Å². The summed E-state index contributed by atoms with van der Waals surface area (Å²) in [5, 5.41) is 6.92. The van der Waals surface area contributed by atoms with Crippen LogP contribution in [0.5, 0.6) is 0 Å². The summed E-state index contributed by atoms with van der Waals surface area (Å²) in [5.74, 6) is 0. The van der Waals surface area contributed by atoms with Crippen LogP contribution in [-0.4, -0.2) is 11.2 Å². The predicted molar refractivity (Wildman–Crippen MR) is 187 cm³/mol. The number of rotatable bonds is 10. The van der Waals surface area contributed by atoms with Gasteiger partial charge in [-0.3, -0.25) is 4.67 Å². The summed E-state index contributed by atoms with van der Waals surface area (Å²) in [4.78, 5) is 0. The van der Waals surface area contributed by atoms with E-state index in [2.05, 4.69) is 164 Å². The molecular formula is C39H37FeNP2-6. The third-order valence-electron chi connectivity index (χ3n) is 7.12. The summed E-state index contributed by atoms with van der Waals surface area (Å²) in [6, 6.07) is 61.0. The molecule has 0 N–H and O–H groups in total. The monoisotopic (exact) mass is 637 g/mol. The molecule has 1 unspecified atom stereocenters. The Morgan fingerprint density at radius 3 is 1.42 bits per heavy atom. The van der Waals surface area contributed by atoms with E-state index in [9.17, 15) is 0 Å². The van der Waals surface area contributed by atoms with E-state index in [-0.39, 0.29) is 23.1 Å². The number of benzene rings is 4. The average molecular weight is 638 g/mol. The third-order valence-corrected chi connectivity index (χ3v) is 12.2. The minimum atomic E-state index is -0.735. The average Bonchev–Trinajstić information content (AvgIpc) is 3.79. The van der Waals surface area contributed by atoms with Crippen LogP contribution in [0.4, 0.5) is 0 Å². The van der Waals surface area contributed by atoms with Crippen molar-refractivity contribution in [3.8, 4) is 0 Å². The quantitative estimate of drug-likeness (QED) is 0.0635. The first-order valence-electron chi connectivity index (χ1n) is 14.4. The zero-order valence-corrected chi connectivity index (χ0v) is 27.3. The summed E-state index contributed by atoms with van der Waals surface area (Å²) in [6.07, 6.45) is 2.05. The molecule has 4 heteroatoms. The Labute approximate surface area is 270 Å². The van der Waals surface area contributed by atoms with Crippen LogP contribution in [0.2, 0.25) is 0 Å². The summed E-state index contributed by atoms with van der Waals surface area (Å²) < 4.78 is 2.65. The zero-order chi connectivity index (χ0) is 29.0. The molecule has 0 radical (unpaired) electrons. The smallest absolute Gasteiger partial charge is 0.0280 e. The fourth-order valence-electron chi connectivity index (χ4n) is 5.17. The van der Waals surface area contributed by atoms with Crippen LogP contribution >= 0.6 is 16.0 Å². The largest absolute Gasteiger partial charge is 0.748 e. The van der Waals surface area contributed by atoms with E-state index in [1.165, 1.54) is 32.1 Å². The molecule has 0 saturated carbocycles. The number of hydrogen-bond acceptors (Lipinski definition) is 1. The van der Waals surface area contributed by atoms with Gasteiger partial charge in [0.2, 0.25) is 0 Å². The van der Waals surface area contributed by atoms with Crippen molar-refractivity contribution in [1.29, 1.82) is 0 Å². The minimum absolute atomic E-state index is 0. The van der Waals surface area contributed by atoms with Crippen LogP contribution in [0.3, 0.4) is 0 Å². The van der Waals surface area contributed by atoms with Crippen LogP contribution in [0.1, 0.15) is 18.5 Å². The van der Waals surface area contributed by atoms with Gasteiger partial charge < -0.3 is 30.3 Å². The van der Waals surface area contributed by atoms with Crippen molar-refractivity contribution < 1.29 is 17.1 Å². The molecule has 0 saturated heterocycles. The van der Waals surface area contributed by atoms with E-state index in [0.717, 1.165) is 6.54 Å². The zero-order valence-electron chi connectivity index (χ0n) is 24.4. The maximum atomic E-state index is 4.16. The normalized spacial score (nSPS) is 11.4. The maximum Gasteiger partial charge on any atom is 0.0280 e. The van der Waals surface area contributed by atoms with Gasteiger partial charge in [0.15, 0.2) is 0 Å². The molecule has 0 bridgehead atoms. The molecule has 0 aliphatic heterocycles. The molecule has 1 nitrogen and oxygen atoms in total. The standard InChI is InChI=1S/C34H32NP2.C5H5.Fe/c1-3-27-35(37(31-21-12-6-13-22-31)32-23-14-7-15-24-32)28(2)33-25-16-26-34(33)36(29-17-8-4-9-18-29)30-19-10-5-11-20-30;1-2-4-5-3-1;/h3-26,28H,1,27H2,2H3;1-5H;/q-1;-5;. The van der Waals surface area contributed by atoms with Gasteiger partial charge in [-0.15, -0.1) is 17.4 Å². The Kier molecular flexibility index (Phi) is 12.9. The van der Waals surface area contributed by atoms with Gasteiger partial charge in [-0.25, -0.2) is 12.1 Å². The van der Waals surface area contributed by atoms with E-state index >= 15 is 0 Å². The Balaban J connectivity index is 0.000000641. The Bertz CT molecular complexity index is 1490. The van der Waals surface area contributed by atoms with E-state index < -0.39 is 16.0 Å². The second kappa shape index (κ2) is 17.1. The summed E-state index contributed by atoms with van der Waals surface area (Å²) >= 11 is 0. The topological polar surface area (TPSA) is 3.24 Å². The summed E-state index contributed by atoms with van der Waals surface area (Å²) in [5.41, 5.74) is 1.40. The SMILES string of the molecule is C=CCN(C(C)[c-]1cccc1P(c1ccccc1)c1ccccc1)P(c1ccccc1)c1ccccc1.[Fe].[cH-]1[cH-][cH-][cH-][cH-]1. The van der Waals surface area contributed by atoms with E-state index in [4.69, 9.17) is 0 Å². The van der Waals surface area contributed by atoms with Gasteiger partial charge in [0.1, 0.15) is 0 Å². The second-order valence-electron chi connectivity index (χ2n) is 9.90. The van der Waals surface area contributed by atoms with Crippen molar-refractivity contribution in [2.45, 2.75) is 13.0 Å². The van der Waals surface area contributed by atoms with E-state index in [1.807, 2.05) is 30.3 Å². The Hall–Kier alpha value is -3.34. The van der Waals surface area contributed by atoms with Crippen molar-refractivity contribution in [3.63, 3.8) is 0 Å². The number of nitrogens with zero attached hydrogens (tertiary/aromatic N) is 1. The molecule has 0 aliphatic rings. The Morgan fingerprint density at radius 2 is 1.02 bits per heavy atom. The molecule has 0 heterocycles. The van der Waals surface area contributed by atoms with E-state index in [0.29, 0.717) is 0 Å². The molecule has 222 valence electrons. The molecule has 0 aliphatic carbocycles. The molecule has 0 fully saturated rings. The van der Waals surface area contributed by atoms with Crippen molar-refractivity contribution >= 4 is 42.5 Å². The third kappa shape index (κ3) is 8.40. The second-order valence-corrected chi connectivity index (χ2v) is 14.3. The molecule has 6 rings (SSSR count). The molecule has 1 atom stereocenters.